The molecule has 1 atom stereocenters. The number of rotatable bonds is 1. The van der Waals surface area contributed by atoms with E-state index in [4.69, 9.17) is 0 Å². The van der Waals surface area contributed by atoms with Gasteiger partial charge in [-0.15, -0.1) is 0 Å². The van der Waals surface area contributed by atoms with E-state index in [9.17, 15) is 0 Å². The molecule has 0 spiro atoms. The summed E-state index contributed by atoms with van der Waals surface area (Å²) in [5, 5.41) is 3.67. The van der Waals surface area contributed by atoms with Gasteiger partial charge in [0.05, 0.1) is 0 Å². The Hall–Kier alpha value is -0.820. The zero-order valence-corrected chi connectivity index (χ0v) is 10.9. The molecule has 1 heterocycles. The lowest BCUT2D eigenvalue weighted by Gasteiger charge is -2.37. The third-order valence-corrected chi connectivity index (χ3v) is 3.59. The summed E-state index contributed by atoms with van der Waals surface area (Å²) in [5.41, 5.74) is 4.96. The van der Waals surface area contributed by atoms with E-state index in [-0.39, 0.29) is 0 Å². The van der Waals surface area contributed by atoms with Gasteiger partial charge in [-0.2, -0.15) is 0 Å². The van der Waals surface area contributed by atoms with Gasteiger partial charge in [-0.3, -0.25) is 0 Å². The molecule has 0 saturated carbocycles. The molecule has 16 heavy (non-hydrogen) atoms. The van der Waals surface area contributed by atoms with Crippen molar-refractivity contribution in [3.8, 4) is 0 Å². The minimum absolute atomic E-state index is 0.293. The molecule has 0 radical (unpaired) electrons. The number of hydrogen-bond acceptors (Lipinski definition) is 1. The van der Waals surface area contributed by atoms with E-state index in [1.807, 2.05) is 0 Å². The summed E-state index contributed by atoms with van der Waals surface area (Å²) in [6.07, 6.45) is 2.34. The molecule has 1 nitrogen and oxygen atoms in total. The molecule has 0 aromatic heterocycles. The lowest BCUT2D eigenvalue weighted by molar-refractivity contribution is 0.263. The zero-order valence-electron chi connectivity index (χ0n) is 10.9. The Bertz CT molecular complexity index is 374. The fourth-order valence-corrected chi connectivity index (χ4v) is 2.79. The van der Waals surface area contributed by atoms with E-state index in [2.05, 4.69) is 51.2 Å². The van der Waals surface area contributed by atoms with E-state index >= 15 is 0 Å². The molecule has 1 heteroatoms. The predicted molar refractivity (Wildman–Crippen MR) is 69.7 cm³/mol. The molecule has 2 rings (SSSR count). The Balaban J connectivity index is 2.47. The molecule has 0 saturated heterocycles. The summed E-state index contributed by atoms with van der Waals surface area (Å²) < 4.78 is 0. The van der Waals surface area contributed by atoms with Crippen molar-refractivity contribution in [3.63, 3.8) is 0 Å². The van der Waals surface area contributed by atoms with Crippen molar-refractivity contribution in [2.24, 2.45) is 5.41 Å². The Labute approximate surface area is 99.3 Å². The van der Waals surface area contributed by atoms with Gasteiger partial charge in [0.15, 0.2) is 0 Å². The zero-order chi connectivity index (χ0) is 11.8. The molecule has 1 aromatic rings. The number of nitrogens with one attached hydrogen (secondary N) is 1. The van der Waals surface area contributed by atoms with Crippen LogP contribution in [0.15, 0.2) is 18.2 Å². The first kappa shape index (κ1) is 11.7. The first-order valence-electron chi connectivity index (χ1n) is 6.38. The third kappa shape index (κ3) is 2.01. The van der Waals surface area contributed by atoms with Crippen LogP contribution in [0.1, 0.15) is 50.4 Å². The van der Waals surface area contributed by atoms with E-state index in [0.717, 1.165) is 13.0 Å². The van der Waals surface area contributed by atoms with Crippen LogP contribution < -0.4 is 5.32 Å². The van der Waals surface area contributed by atoms with Crippen LogP contribution in [0.2, 0.25) is 0 Å². The fraction of sp³-hybridized carbons (Fsp3) is 0.600. The smallest absolute Gasteiger partial charge is 0.0372 e. The van der Waals surface area contributed by atoms with Crippen molar-refractivity contribution in [2.75, 3.05) is 6.54 Å². The van der Waals surface area contributed by atoms with Crippen LogP contribution in [0, 0.1) is 5.41 Å². The van der Waals surface area contributed by atoms with Crippen molar-refractivity contribution in [1.82, 2.24) is 5.32 Å². The Morgan fingerprint density at radius 3 is 2.69 bits per heavy atom. The van der Waals surface area contributed by atoms with E-state index in [1.54, 1.807) is 5.56 Å². The molecule has 1 unspecified atom stereocenters. The SMILES string of the molecule is CCc1cccc2c1CCNC2C(C)(C)C. The van der Waals surface area contributed by atoms with Gasteiger partial charge < -0.3 is 5.32 Å². The first-order chi connectivity index (χ1) is 7.54. The summed E-state index contributed by atoms with van der Waals surface area (Å²) in [5.74, 6) is 0. The van der Waals surface area contributed by atoms with Crippen LogP contribution in [-0.2, 0) is 12.8 Å². The number of hydrogen-bond donors (Lipinski definition) is 1. The molecule has 1 aromatic carbocycles. The second-order valence-corrected chi connectivity index (χ2v) is 5.84. The summed E-state index contributed by atoms with van der Waals surface area (Å²) in [7, 11) is 0. The molecular formula is C15H23N. The highest BCUT2D eigenvalue weighted by Gasteiger charge is 2.30. The van der Waals surface area contributed by atoms with Gasteiger partial charge in [0.25, 0.3) is 0 Å². The highest BCUT2D eigenvalue weighted by molar-refractivity contribution is 5.40. The van der Waals surface area contributed by atoms with Crippen LogP contribution in [-0.4, -0.2) is 6.54 Å². The quantitative estimate of drug-likeness (QED) is 0.759. The molecule has 1 aliphatic rings. The van der Waals surface area contributed by atoms with Gasteiger partial charge in [-0.25, -0.2) is 0 Å². The molecule has 0 amide bonds. The summed E-state index contributed by atoms with van der Waals surface area (Å²) in [6.45, 7) is 10.3. The fourth-order valence-electron chi connectivity index (χ4n) is 2.79. The Morgan fingerprint density at radius 2 is 2.06 bits per heavy atom. The lowest BCUT2D eigenvalue weighted by Crippen LogP contribution is -2.38. The summed E-state index contributed by atoms with van der Waals surface area (Å²) >= 11 is 0. The summed E-state index contributed by atoms with van der Waals surface area (Å²) in [4.78, 5) is 0. The van der Waals surface area contributed by atoms with Gasteiger partial charge in [0.2, 0.25) is 0 Å². The maximum Gasteiger partial charge on any atom is 0.0372 e. The molecule has 1 N–H and O–H groups in total. The lowest BCUT2D eigenvalue weighted by atomic mass is 9.77. The maximum atomic E-state index is 3.67. The highest BCUT2D eigenvalue weighted by Crippen LogP contribution is 2.37. The van der Waals surface area contributed by atoms with Crippen LogP contribution >= 0.6 is 0 Å². The Morgan fingerprint density at radius 1 is 1.31 bits per heavy atom. The minimum atomic E-state index is 0.293. The van der Waals surface area contributed by atoms with Gasteiger partial charge >= 0.3 is 0 Å². The molecule has 0 fully saturated rings. The van der Waals surface area contributed by atoms with Crippen molar-refractivity contribution >= 4 is 0 Å². The van der Waals surface area contributed by atoms with Crippen LogP contribution in [0.3, 0.4) is 0 Å². The number of aryl methyl sites for hydroxylation is 1. The molecule has 0 bridgehead atoms. The topological polar surface area (TPSA) is 12.0 Å². The van der Waals surface area contributed by atoms with Crippen LogP contribution in [0.4, 0.5) is 0 Å². The van der Waals surface area contributed by atoms with Gasteiger partial charge in [0.1, 0.15) is 0 Å². The standard InChI is InChI=1S/C15H23N/c1-5-11-7-6-8-13-12(11)9-10-16-14(13)15(2,3)4/h6-8,14,16H,5,9-10H2,1-4H3. The normalized spacial score (nSPS) is 20.6. The molecule has 1 aliphatic heterocycles. The van der Waals surface area contributed by atoms with Gasteiger partial charge in [-0.1, -0.05) is 45.9 Å². The monoisotopic (exact) mass is 217 g/mol. The average molecular weight is 217 g/mol. The maximum absolute atomic E-state index is 3.67. The van der Waals surface area contributed by atoms with E-state index in [0.29, 0.717) is 11.5 Å². The highest BCUT2D eigenvalue weighted by atomic mass is 14.9. The molecular weight excluding hydrogens is 194 g/mol. The van der Waals surface area contributed by atoms with Gasteiger partial charge in [0, 0.05) is 6.04 Å². The third-order valence-electron chi connectivity index (χ3n) is 3.59. The summed E-state index contributed by atoms with van der Waals surface area (Å²) in [6, 6.07) is 7.30. The van der Waals surface area contributed by atoms with E-state index in [1.165, 1.54) is 17.5 Å². The first-order valence-corrected chi connectivity index (χ1v) is 6.38. The molecule has 0 aliphatic carbocycles. The predicted octanol–water partition coefficient (Wildman–Crippen LogP) is 3.48. The Kier molecular flexibility index (Phi) is 3.07. The van der Waals surface area contributed by atoms with Gasteiger partial charge in [-0.05, 0) is 41.5 Å². The van der Waals surface area contributed by atoms with Crippen molar-refractivity contribution < 1.29 is 0 Å². The molecule has 88 valence electrons. The number of benzene rings is 1. The minimum Gasteiger partial charge on any atom is -0.309 e. The largest absolute Gasteiger partial charge is 0.309 e. The number of fused-ring (bicyclic) bond motifs is 1. The van der Waals surface area contributed by atoms with Crippen molar-refractivity contribution in [3.05, 3.63) is 34.9 Å². The van der Waals surface area contributed by atoms with Crippen molar-refractivity contribution in [1.29, 1.82) is 0 Å². The van der Waals surface area contributed by atoms with Crippen molar-refractivity contribution in [2.45, 2.75) is 46.6 Å². The van der Waals surface area contributed by atoms with E-state index < -0.39 is 0 Å². The van der Waals surface area contributed by atoms with Crippen LogP contribution in [0.25, 0.3) is 0 Å². The average Bonchev–Trinajstić information content (AvgIpc) is 2.26. The second-order valence-electron chi connectivity index (χ2n) is 5.84. The second kappa shape index (κ2) is 4.21. The van der Waals surface area contributed by atoms with Crippen LogP contribution in [0.5, 0.6) is 0 Å².